The van der Waals surface area contributed by atoms with E-state index in [4.69, 9.17) is 0 Å². The minimum Gasteiger partial charge on any atom is -0.310 e. The van der Waals surface area contributed by atoms with Crippen LogP contribution < -0.4 is 5.32 Å². The Bertz CT molecular complexity index is 529. The lowest BCUT2D eigenvalue weighted by Crippen LogP contribution is -2.23. The van der Waals surface area contributed by atoms with E-state index in [1.165, 1.54) is 5.56 Å². The van der Waals surface area contributed by atoms with Crippen molar-refractivity contribution in [2.24, 2.45) is 0 Å². The van der Waals surface area contributed by atoms with Gasteiger partial charge in [0.2, 0.25) is 0 Å². The van der Waals surface area contributed by atoms with Gasteiger partial charge in [-0.1, -0.05) is 50.9 Å². The van der Waals surface area contributed by atoms with E-state index in [1.54, 1.807) is 0 Å². The predicted octanol–water partition coefficient (Wildman–Crippen LogP) is 4.50. The fourth-order valence-electron chi connectivity index (χ4n) is 2.05. The number of pyridine rings is 1. The molecule has 0 spiro atoms. The van der Waals surface area contributed by atoms with E-state index in [0.717, 1.165) is 27.6 Å². The van der Waals surface area contributed by atoms with Crippen molar-refractivity contribution in [1.82, 2.24) is 10.3 Å². The minimum absolute atomic E-state index is 0.266. The molecule has 0 radical (unpaired) electrons. The lowest BCUT2D eigenvalue weighted by Gasteiger charge is -2.19. The topological polar surface area (TPSA) is 24.9 Å². The SMILES string of the molecule is CCNC(Cc1ccccn1)c1ccc(Br)cc1Br. The van der Waals surface area contributed by atoms with E-state index in [1.807, 2.05) is 18.3 Å². The molecule has 100 valence electrons. The third-order valence-corrected chi connectivity index (χ3v) is 4.11. The van der Waals surface area contributed by atoms with Crippen molar-refractivity contribution in [3.8, 4) is 0 Å². The Labute approximate surface area is 130 Å². The van der Waals surface area contributed by atoms with Gasteiger partial charge in [-0.05, 0) is 36.4 Å². The zero-order valence-electron chi connectivity index (χ0n) is 10.7. The summed E-state index contributed by atoms with van der Waals surface area (Å²) in [5.74, 6) is 0. The van der Waals surface area contributed by atoms with Crippen molar-refractivity contribution >= 4 is 31.9 Å². The standard InChI is InChI=1S/C15H16Br2N2/c1-2-18-15(10-12-5-3-4-8-19-12)13-7-6-11(16)9-14(13)17/h3-9,15,18H,2,10H2,1H3. The van der Waals surface area contributed by atoms with Crippen LogP contribution in [-0.2, 0) is 6.42 Å². The Morgan fingerprint density at radius 1 is 1.21 bits per heavy atom. The van der Waals surface area contributed by atoms with Crippen LogP contribution in [0.1, 0.15) is 24.2 Å². The van der Waals surface area contributed by atoms with Gasteiger partial charge >= 0.3 is 0 Å². The van der Waals surface area contributed by atoms with Crippen LogP contribution in [0.15, 0.2) is 51.5 Å². The van der Waals surface area contributed by atoms with Crippen LogP contribution in [-0.4, -0.2) is 11.5 Å². The van der Waals surface area contributed by atoms with Gasteiger partial charge in [-0.15, -0.1) is 0 Å². The fourth-order valence-corrected chi connectivity index (χ4v) is 3.37. The van der Waals surface area contributed by atoms with Crippen LogP contribution >= 0.6 is 31.9 Å². The van der Waals surface area contributed by atoms with Gasteiger partial charge in [-0.25, -0.2) is 0 Å². The molecule has 1 heterocycles. The number of rotatable bonds is 5. The molecule has 1 atom stereocenters. The molecule has 19 heavy (non-hydrogen) atoms. The van der Waals surface area contributed by atoms with Crippen molar-refractivity contribution in [2.75, 3.05) is 6.54 Å². The lowest BCUT2D eigenvalue weighted by molar-refractivity contribution is 0.542. The molecule has 4 heteroatoms. The predicted molar refractivity (Wildman–Crippen MR) is 86.2 cm³/mol. The molecule has 0 saturated heterocycles. The number of halogens is 2. The Morgan fingerprint density at radius 3 is 2.68 bits per heavy atom. The van der Waals surface area contributed by atoms with Gasteiger partial charge in [0.1, 0.15) is 0 Å². The van der Waals surface area contributed by atoms with Gasteiger partial charge in [0.05, 0.1) is 0 Å². The monoisotopic (exact) mass is 382 g/mol. The average Bonchev–Trinajstić information content (AvgIpc) is 2.39. The van der Waals surface area contributed by atoms with E-state index < -0.39 is 0 Å². The minimum atomic E-state index is 0.266. The van der Waals surface area contributed by atoms with Crippen molar-refractivity contribution in [2.45, 2.75) is 19.4 Å². The van der Waals surface area contributed by atoms with E-state index in [0.29, 0.717) is 0 Å². The summed E-state index contributed by atoms with van der Waals surface area (Å²) in [4.78, 5) is 4.41. The van der Waals surface area contributed by atoms with E-state index >= 15 is 0 Å². The Balaban J connectivity index is 2.24. The second-order valence-corrected chi connectivity index (χ2v) is 6.07. The molecule has 2 rings (SSSR count). The summed E-state index contributed by atoms with van der Waals surface area (Å²) in [6.45, 7) is 3.05. The maximum absolute atomic E-state index is 4.41. The van der Waals surface area contributed by atoms with Crippen LogP contribution in [0.25, 0.3) is 0 Å². The number of benzene rings is 1. The molecule has 0 aliphatic rings. The summed E-state index contributed by atoms with van der Waals surface area (Å²) in [7, 11) is 0. The highest BCUT2D eigenvalue weighted by atomic mass is 79.9. The molecule has 0 bridgehead atoms. The second-order valence-electron chi connectivity index (χ2n) is 4.30. The molecule has 0 amide bonds. The summed E-state index contributed by atoms with van der Waals surface area (Å²) in [6.07, 6.45) is 2.73. The van der Waals surface area contributed by atoms with E-state index in [-0.39, 0.29) is 6.04 Å². The first-order valence-electron chi connectivity index (χ1n) is 6.29. The van der Waals surface area contributed by atoms with Crippen LogP contribution in [0, 0.1) is 0 Å². The Morgan fingerprint density at radius 2 is 2.05 bits per heavy atom. The highest BCUT2D eigenvalue weighted by Crippen LogP contribution is 2.28. The molecule has 1 unspecified atom stereocenters. The van der Waals surface area contributed by atoms with E-state index in [2.05, 4.69) is 73.3 Å². The summed E-state index contributed by atoms with van der Waals surface area (Å²) in [5.41, 5.74) is 2.36. The lowest BCUT2D eigenvalue weighted by atomic mass is 10.0. The third-order valence-electron chi connectivity index (χ3n) is 2.93. The number of hydrogen-bond acceptors (Lipinski definition) is 2. The largest absolute Gasteiger partial charge is 0.310 e. The first kappa shape index (κ1) is 14.7. The number of aromatic nitrogens is 1. The summed E-state index contributed by atoms with van der Waals surface area (Å²) in [5, 5.41) is 3.52. The maximum Gasteiger partial charge on any atom is 0.0422 e. The molecule has 1 N–H and O–H groups in total. The maximum atomic E-state index is 4.41. The zero-order valence-corrected chi connectivity index (χ0v) is 13.9. The average molecular weight is 384 g/mol. The van der Waals surface area contributed by atoms with Gasteiger partial charge in [0.15, 0.2) is 0 Å². The van der Waals surface area contributed by atoms with Crippen molar-refractivity contribution < 1.29 is 0 Å². The molecular weight excluding hydrogens is 368 g/mol. The molecule has 2 aromatic rings. The molecular formula is C15H16Br2N2. The van der Waals surface area contributed by atoms with Crippen molar-refractivity contribution in [3.63, 3.8) is 0 Å². The smallest absolute Gasteiger partial charge is 0.0422 e. The first-order valence-corrected chi connectivity index (χ1v) is 7.87. The molecule has 0 aliphatic heterocycles. The van der Waals surface area contributed by atoms with Crippen LogP contribution in [0.4, 0.5) is 0 Å². The van der Waals surface area contributed by atoms with Crippen LogP contribution in [0.5, 0.6) is 0 Å². The number of hydrogen-bond donors (Lipinski definition) is 1. The molecule has 0 saturated carbocycles. The third kappa shape index (κ3) is 4.13. The number of nitrogens with one attached hydrogen (secondary N) is 1. The molecule has 1 aromatic heterocycles. The van der Waals surface area contributed by atoms with Gasteiger partial charge in [-0.2, -0.15) is 0 Å². The number of likely N-dealkylation sites (N-methyl/N-ethyl adjacent to an activating group) is 1. The molecule has 2 nitrogen and oxygen atoms in total. The molecule has 0 aliphatic carbocycles. The summed E-state index contributed by atoms with van der Waals surface area (Å²) >= 11 is 7.13. The van der Waals surface area contributed by atoms with Crippen LogP contribution in [0.3, 0.4) is 0 Å². The second kappa shape index (κ2) is 7.17. The molecule has 1 aromatic carbocycles. The highest BCUT2D eigenvalue weighted by molar-refractivity contribution is 9.11. The van der Waals surface area contributed by atoms with Crippen LogP contribution in [0.2, 0.25) is 0 Å². The Kier molecular flexibility index (Phi) is 5.55. The Hall–Kier alpha value is -0.710. The normalized spacial score (nSPS) is 12.4. The van der Waals surface area contributed by atoms with Crippen molar-refractivity contribution in [3.05, 3.63) is 62.8 Å². The van der Waals surface area contributed by atoms with Crippen molar-refractivity contribution in [1.29, 1.82) is 0 Å². The van der Waals surface area contributed by atoms with Gasteiger partial charge < -0.3 is 5.32 Å². The summed E-state index contributed by atoms with van der Waals surface area (Å²) in [6, 6.07) is 12.6. The van der Waals surface area contributed by atoms with Gasteiger partial charge in [0.25, 0.3) is 0 Å². The quantitative estimate of drug-likeness (QED) is 0.822. The first-order chi connectivity index (χ1) is 9.20. The van der Waals surface area contributed by atoms with Gasteiger partial charge in [0, 0.05) is 33.3 Å². The zero-order chi connectivity index (χ0) is 13.7. The number of nitrogens with zero attached hydrogens (tertiary/aromatic N) is 1. The highest BCUT2D eigenvalue weighted by Gasteiger charge is 2.14. The summed E-state index contributed by atoms with van der Waals surface area (Å²) < 4.78 is 2.19. The van der Waals surface area contributed by atoms with Gasteiger partial charge in [-0.3, -0.25) is 4.98 Å². The fraction of sp³-hybridized carbons (Fsp3) is 0.267. The molecule has 0 fully saturated rings. The van der Waals surface area contributed by atoms with E-state index in [9.17, 15) is 0 Å².